The van der Waals surface area contributed by atoms with Crippen LogP contribution in [-0.2, 0) is 0 Å². The Kier molecular flexibility index (Phi) is 4.14. The van der Waals surface area contributed by atoms with Gasteiger partial charge in [0.05, 0.1) is 4.47 Å². The van der Waals surface area contributed by atoms with Crippen LogP contribution < -0.4 is 5.32 Å². The van der Waals surface area contributed by atoms with E-state index >= 15 is 0 Å². The van der Waals surface area contributed by atoms with Crippen molar-refractivity contribution in [1.82, 2.24) is 15.0 Å². The normalized spacial score (nSPS) is 10.4. The van der Waals surface area contributed by atoms with E-state index in [4.69, 9.17) is 0 Å². The van der Waals surface area contributed by atoms with E-state index < -0.39 is 0 Å². The van der Waals surface area contributed by atoms with Gasteiger partial charge in [0.25, 0.3) is 0 Å². The predicted molar refractivity (Wildman–Crippen MR) is 70.1 cm³/mol. The largest absolute Gasteiger partial charge is 0.369 e. The van der Waals surface area contributed by atoms with E-state index in [1.807, 2.05) is 12.3 Å². The minimum atomic E-state index is 0.816. The Morgan fingerprint density at radius 1 is 1.44 bits per heavy atom. The molecule has 0 amide bonds. The van der Waals surface area contributed by atoms with Gasteiger partial charge < -0.3 is 5.32 Å². The van der Waals surface area contributed by atoms with E-state index in [-0.39, 0.29) is 0 Å². The van der Waals surface area contributed by atoms with Gasteiger partial charge >= 0.3 is 0 Å². The third-order valence-electron chi connectivity index (χ3n) is 1.70. The highest BCUT2D eigenvalue weighted by Gasteiger charge is 2.10. The summed E-state index contributed by atoms with van der Waals surface area (Å²) in [5, 5.41) is 5.99. The van der Waals surface area contributed by atoms with Crippen molar-refractivity contribution in [2.75, 3.05) is 11.9 Å². The molecule has 0 aliphatic heterocycles. The summed E-state index contributed by atoms with van der Waals surface area (Å²) in [5.74, 6) is 0.816. The molecule has 2 aromatic heterocycles. The van der Waals surface area contributed by atoms with Crippen molar-refractivity contribution in [3.63, 3.8) is 0 Å². The molecule has 0 fully saturated rings. The average molecular weight is 317 g/mol. The van der Waals surface area contributed by atoms with E-state index in [1.54, 1.807) is 23.9 Å². The minimum absolute atomic E-state index is 0.816. The van der Waals surface area contributed by atoms with E-state index in [0.29, 0.717) is 0 Å². The highest BCUT2D eigenvalue weighted by atomic mass is 79.9. The van der Waals surface area contributed by atoms with E-state index in [1.165, 1.54) is 11.8 Å². The van der Waals surface area contributed by atoms with Gasteiger partial charge in [-0.2, -0.15) is 0 Å². The Bertz CT molecular complexity index is 461. The summed E-state index contributed by atoms with van der Waals surface area (Å²) in [6.07, 6.45) is 3.34. The van der Waals surface area contributed by atoms with Crippen molar-refractivity contribution in [2.24, 2.45) is 0 Å². The molecule has 7 heteroatoms. The lowest BCUT2D eigenvalue weighted by Crippen LogP contribution is -2.01. The van der Waals surface area contributed by atoms with Crippen LogP contribution in [0.2, 0.25) is 0 Å². The third-order valence-corrected chi connectivity index (χ3v) is 4.60. The molecule has 2 heterocycles. The number of nitrogens with one attached hydrogen (secondary N) is 1. The Labute approximate surface area is 110 Å². The zero-order valence-corrected chi connectivity index (χ0v) is 11.7. The molecule has 0 unspecified atom stereocenters. The zero-order valence-electron chi connectivity index (χ0n) is 8.48. The monoisotopic (exact) mass is 316 g/mol. The number of thiazole rings is 1. The second-order valence-electron chi connectivity index (χ2n) is 2.77. The van der Waals surface area contributed by atoms with Crippen LogP contribution in [0.15, 0.2) is 31.7 Å². The average Bonchev–Trinajstić information content (AvgIpc) is 2.77. The Balaban J connectivity index is 2.24. The molecule has 0 aromatic carbocycles. The van der Waals surface area contributed by atoms with Crippen LogP contribution in [-0.4, -0.2) is 21.5 Å². The molecule has 2 aromatic rings. The van der Waals surface area contributed by atoms with Gasteiger partial charge in [-0.1, -0.05) is 0 Å². The van der Waals surface area contributed by atoms with Gasteiger partial charge in [0, 0.05) is 18.1 Å². The number of rotatable bonds is 4. The third kappa shape index (κ3) is 2.72. The summed E-state index contributed by atoms with van der Waals surface area (Å²) in [4.78, 5) is 12.6. The molecule has 2 rings (SSSR count). The molecule has 1 N–H and O–H groups in total. The van der Waals surface area contributed by atoms with Crippen LogP contribution in [0.25, 0.3) is 0 Å². The maximum Gasteiger partial charge on any atom is 0.156 e. The molecule has 0 saturated heterocycles. The molecule has 0 atom stereocenters. The topological polar surface area (TPSA) is 50.7 Å². The molecule has 0 spiro atoms. The van der Waals surface area contributed by atoms with Crippen LogP contribution in [0.3, 0.4) is 0 Å². The summed E-state index contributed by atoms with van der Waals surface area (Å²) in [5.41, 5.74) is 0. The molecular formula is C9H9BrN4S2. The van der Waals surface area contributed by atoms with Crippen molar-refractivity contribution in [3.05, 3.63) is 22.4 Å². The summed E-state index contributed by atoms with van der Waals surface area (Å²) >= 11 is 6.62. The van der Waals surface area contributed by atoms with Gasteiger partial charge in [0.1, 0.15) is 17.2 Å². The fraction of sp³-hybridized carbons (Fsp3) is 0.222. The first kappa shape index (κ1) is 11.8. The summed E-state index contributed by atoms with van der Waals surface area (Å²) < 4.78 is 1.86. The van der Waals surface area contributed by atoms with Crippen LogP contribution in [0.1, 0.15) is 6.92 Å². The highest BCUT2D eigenvalue weighted by molar-refractivity contribution is 9.10. The van der Waals surface area contributed by atoms with Gasteiger partial charge in [0.2, 0.25) is 0 Å². The lowest BCUT2D eigenvalue weighted by Gasteiger charge is -2.06. The van der Waals surface area contributed by atoms with E-state index in [0.717, 1.165) is 26.2 Å². The molecular weight excluding hydrogens is 308 g/mol. The second kappa shape index (κ2) is 5.60. The molecule has 4 nitrogen and oxygen atoms in total. The molecule has 0 aliphatic carbocycles. The first-order valence-electron chi connectivity index (χ1n) is 4.63. The van der Waals surface area contributed by atoms with Crippen LogP contribution >= 0.6 is 39.0 Å². The van der Waals surface area contributed by atoms with Crippen LogP contribution in [0, 0.1) is 0 Å². The molecule has 0 aliphatic rings. The van der Waals surface area contributed by atoms with Crippen molar-refractivity contribution < 1.29 is 0 Å². The standard InChI is InChI=1S/C9H9BrN4S2/c1-2-11-7-6(10)8(14-5-13-7)16-9-12-3-4-15-9/h3-5H,2H2,1H3,(H,11,13,14). The number of halogens is 1. The van der Waals surface area contributed by atoms with Crippen molar-refractivity contribution >= 4 is 44.8 Å². The number of anilines is 1. The number of aromatic nitrogens is 3. The summed E-state index contributed by atoms with van der Waals surface area (Å²) in [7, 11) is 0. The van der Waals surface area contributed by atoms with Crippen LogP contribution in [0.5, 0.6) is 0 Å². The molecule has 0 bridgehead atoms. The van der Waals surface area contributed by atoms with Crippen molar-refractivity contribution in [3.8, 4) is 0 Å². The van der Waals surface area contributed by atoms with E-state index in [9.17, 15) is 0 Å². The zero-order chi connectivity index (χ0) is 11.4. The van der Waals surface area contributed by atoms with Gasteiger partial charge in [-0.05, 0) is 34.6 Å². The van der Waals surface area contributed by atoms with Crippen LogP contribution in [0.4, 0.5) is 5.82 Å². The lowest BCUT2D eigenvalue weighted by molar-refractivity contribution is 1.01. The van der Waals surface area contributed by atoms with Gasteiger partial charge in [-0.15, -0.1) is 11.3 Å². The van der Waals surface area contributed by atoms with Gasteiger partial charge in [0.15, 0.2) is 4.34 Å². The Hall–Kier alpha value is -0.660. The van der Waals surface area contributed by atoms with Crippen molar-refractivity contribution in [1.29, 1.82) is 0 Å². The number of hydrogen-bond acceptors (Lipinski definition) is 6. The molecule has 0 radical (unpaired) electrons. The summed E-state index contributed by atoms with van der Waals surface area (Å²) in [6, 6.07) is 0. The lowest BCUT2D eigenvalue weighted by atomic mass is 10.5. The fourth-order valence-corrected chi connectivity index (χ4v) is 3.17. The molecule has 16 heavy (non-hydrogen) atoms. The van der Waals surface area contributed by atoms with Gasteiger partial charge in [-0.25, -0.2) is 15.0 Å². The molecule has 84 valence electrons. The quantitative estimate of drug-likeness (QED) is 0.877. The first-order chi connectivity index (χ1) is 7.81. The van der Waals surface area contributed by atoms with E-state index in [2.05, 4.69) is 36.2 Å². The SMILES string of the molecule is CCNc1ncnc(Sc2nccs2)c1Br. The Morgan fingerprint density at radius 3 is 3.00 bits per heavy atom. The maximum atomic E-state index is 4.23. The minimum Gasteiger partial charge on any atom is -0.369 e. The number of hydrogen-bond donors (Lipinski definition) is 1. The molecule has 0 saturated carbocycles. The number of nitrogens with zero attached hydrogens (tertiary/aromatic N) is 3. The maximum absolute atomic E-state index is 4.23. The van der Waals surface area contributed by atoms with Gasteiger partial charge in [-0.3, -0.25) is 0 Å². The second-order valence-corrected chi connectivity index (χ2v) is 5.70. The fourth-order valence-electron chi connectivity index (χ4n) is 1.06. The highest BCUT2D eigenvalue weighted by Crippen LogP contribution is 2.35. The summed E-state index contributed by atoms with van der Waals surface area (Å²) in [6.45, 7) is 2.86. The van der Waals surface area contributed by atoms with Crippen molar-refractivity contribution in [2.45, 2.75) is 16.3 Å². The smallest absolute Gasteiger partial charge is 0.156 e. The Morgan fingerprint density at radius 2 is 2.31 bits per heavy atom. The first-order valence-corrected chi connectivity index (χ1v) is 7.12. The predicted octanol–water partition coefficient (Wildman–Crippen LogP) is 3.28.